The highest BCUT2D eigenvalue weighted by Gasteiger charge is 2.34. The number of carbonyl (C=O) groups is 1. The smallest absolute Gasteiger partial charge is 0.242 e. The summed E-state index contributed by atoms with van der Waals surface area (Å²) in [6, 6.07) is 7.99. The molecule has 0 aromatic heterocycles. The first-order valence-corrected chi connectivity index (χ1v) is 5.51. The number of nitrogens with two attached hydrogens (primary N) is 1. The Kier molecular flexibility index (Phi) is 3.70. The van der Waals surface area contributed by atoms with Crippen molar-refractivity contribution in [3.05, 3.63) is 35.4 Å². The molecule has 0 saturated carbocycles. The van der Waals surface area contributed by atoms with Gasteiger partial charge in [-0.05, 0) is 38.8 Å². The molecule has 0 spiro atoms. The predicted molar refractivity (Wildman–Crippen MR) is 66.0 cm³/mol. The van der Waals surface area contributed by atoms with Crippen molar-refractivity contribution >= 4 is 5.91 Å². The van der Waals surface area contributed by atoms with E-state index in [-0.39, 0.29) is 11.9 Å². The van der Waals surface area contributed by atoms with Crippen LogP contribution in [-0.2, 0) is 10.3 Å². The van der Waals surface area contributed by atoms with Crippen LogP contribution in [-0.4, -0.2) is 11.9 Å². The maximum atomic E-state index is 11.7. The minimum absolute atomic E-state index is 0.192. The van der Waals surface area contributed by atoms with Gasteiger partial charge < -0.3 is 5.73 Å². The molecule has 0 bridgehead atoms. The van der Waals surface area contributed by atoms with Crippen LogP contribution in [0.15, 0.2) is 24.3 Å². The van der Waals surface area contributed by atoms with E-state index < -0.39 is 5.54 Å². The average molecular weight is 220 g/mol. The summed E-state index contributed by atoms with van der Waals surface area (Å²) in [7, 11) is 0. The van der Waals surface area contributed by atoms with Crippen molar-refractivity contribution < 1.29 is 4.79 Å². The van der Waals surface area contributed by atoms with Crippen LogP contribution in [0.4, 0.5) is 0 Å². The zero-order valence-corrected chi connectivity index (χ0v) is 10.4. The van der Waals surface area contributed by atoms with E-state index in [9.17, 15) is 4.79 Å². The van der Waals surface area contributed by atoms with Crippen molar-refractivity contribution in [2.45, 2.75) is 39.3 Å². The van der Waals surface area contributed by atoms with E-state index >= 15 is 0 Å². The summed E-state index contributed by atoms with van der Waals surface area (Å²) >= 11 is 0. The number of aryl methyl sites for hydroxylation is 1. The molecule has 1 atom stereocenters. The van der Waals surface area contributed by atoms with Crippen molar-refractivity contribution in [1.29, 1.82) is 0 Å². The van der Waals surface area contributed by atoms with Gasteiger partial charge in [-0.3, -0.25) is 10.1 Å². The Balaban J connectivity index is 3.22. The third-order valence-electron chi connectivity index (χ3n) is 2.75. The Labute approximate surface area is 97.0 Å². The van der Waals surface area contributed by atoms with E-state index in [0.717, 1.165) is 11.1 Å². The summed E-state index contributed by atoms with van der Waals surface area (Å²) < 4.78 is 0. The third-order valence-corrected chi connectivity index (χ3v) is 2.75. The monoisotopic (exact) mass is 220 g/mol. The number of benzene rings is 1. The van der Waals surface area contributed by atoms with Crippen molar-refractivity contribution in [2.75, 3.05) is 0 Å². The molecule has 3 heteroatoms. The summed E-state index contributed by atoms with van der Waals surface area (Å²) in [5.41, 5.74) is 6.72. The molecule has 3 nitrogen and oxygen atoms in total. The minimum Gasteiger partial charge on any atom is -0.368 e. The summed E-state index contributed by atoms with van der Waals surface area (Å²) in [6.07, 6.45) is 0. The topological polar surface area (TPSA) is 55.1 Å². The Morgan fingerprint density at radius 3 is 2.38 bits per heavy atom. The van der Waals surface area contributed by atoms with Gasteiger partial charge in [0.15, 0.2) is 0 Å². The third kappa shape index (κ3) is 2.42. The summed E-state index contributed by atoms with van der Waals surface area (Å²) in [4.78, 5) is 11.7. The fourth-order valence-electron chi connectivity index (χ4n) is 1.99. The number of carbonyl (C=O) groups excluding carboxylic acids is 1. The van der Waals surface area contributed by atoms with E-state index in [1.807, 2.05) is 52.0 Å². The van der Waals surface area contributed by atoms with E-state index in [2.05, 4.69) is 5.32 Å². The quantitative estimate of drug-likeness (QED) is 0.811. The lowest BCUT2D eigenvalue weighted by molar-refractivity contribution is -0.124. The van der Waals surface area contributed by atoms with Gasteiger partial charge >= 0.3 is 0 Å². The van der Waals surface area contributed by atoms with Gasteiger partial charge in [0.25, 0.3) is 0 Å². The van der Waals surface area contributed by atoms with Crippen LogP contribution in [0.25, 0.3) is 0 Å². The lowest BCUT2D eigenvalue weighted by atomic mass is 9.87. The Morgan fingerprint density at radius 1 is 1.38 bits per heavy atom. The van der Waals surface area contributed by atoms with Crippen molar-refractivity contribution in [3.8, 4) is 0 Å². The van der Waals surface area contributed by atoms with Gasteiger partial charge in [0.1, 0.15) is 5.54 Å². The number of primary amides is 1. The molecule has 0 radical (unpaired) electrons. The SMILES string of the molecule is Cc1ccccc1C(C)(NC(C)C)C(N)=O. The zero-order valence-electron chi connectivity index (χ0n) is 10.4. The van der Waals surface area contributed by atoms with Gasteiger partial charge in [0.05, 0.1) is 0 Å². The second-order valence-corrected chi connectivity index (χ2v) is 4.60. The Bertz CT molecular complexity index is 387. The van der Waals surface area contributed by atoms with Gasteiger partial charge in [-0.1, -0.05) is 24.3 Å². The fourth-order valence-corrected chi connectivity index (χ4v) is 1.99. The van der Waals surface area contributed by atoms with E-state index in [1.165, 1.54) is 0 Å². The van der Waals surface area contributed by atoms with Gasteiger partial charge in [-0.15, -0.1) is 0 Å². The van der Waals surface area contributed by atoms with Crippen LogP contribution in [0.5, 0.6) is 0 Å². The zero-order chi connectivity index (χ0) is 12.3. The highest BCUT2D eigenvalue weighted by molar-refractivity contribution is 5.86. The van der Waals surface area contributed by atoms with Crippen LogP contribution in [0.1, 0.15) is 31.9 Å². The number of hydrogen-bond acceptors (Lipinski definition) is 2. The Morgan fingerprint density at radius 2 is 1.94 bits per heavy atom. The standard InChI is InChI=1S/C13H20N2O/c1-9(2)15-13(4,12(14)16)11-8-6-5-7-10(11)3/h5-9,15H,1-4H3,(H2,14,16). The molecular formula is C13H20N2O. The van der Waals surface area contributed by atoms with Gasteiger partial charge in [-0.2, -0.15) is 0 Å². The first-order chi connectivity index (χ1) is 7.38. The molecule has 1 aromatic carbocycles. The van der Waals surface area contributed by atoms with E-state index in [1.54, 1.807) is 0 Å². The van der Waals surface area contributed by atoms with Crippen LogP contribution in [0.3, 0.4) is 0 Å². The molecule has 0 heterocycles. The second kappa shape index (κ2) is 4.66. The normalized spacial score (nSPS) is 14.8. The Hall–Kier alpha value is -1.35. The summed E-state index contributed by atoms with van der Waals surface area (Å²) in [5.74, 6) is -0.351. The predicted octanol–water partition coefficient (Wildman–Crippen LogP) is 1.69. The molecule has 1 aromatic rings. The van der Waals surface area contributed by atoms with Gasteiger partial charge in [0, 0.05) is 6.04 Å². The molecule has 16 heavy (non-hydrogen) atoms. The maximum absolute atomic E-state index is 11.7. The number of hydrogen-bond donors (Lipinski definition) is 2. The van der Waals surface area contributed by atoms with Gasteiger partial charge in [-0.25, -0.2) is 0 Å². The second-order valence-electron chi connectivity index (χ2n) is 4.60. The molecule has 1 unspecified atom stereocenters. The molecule has 1 rings (SSSR count). The fraction of sp³-hybridized carbons (Fsp3) is 0.462. The first kappa shape index (κ1) is 12.7. The lowest BCUT2D eigenvalue weighted by Gasteiger charge is -2.31. The molecule has 0 saturated heterocycles. The lowest BCUT2D eigenvalue weighted by Crippen LogP contribution is -2.53. The molecule has 0 fully saturated rings. The average Bonchev–Trinajstić information content (AvgIpc) is 2.16. The van der Waals surface area contributed by atoms with Crippen LogP contribution in [0, 0.1) is 6.92 Å². The van der Waals surface area contributed by atoms with Crippen molar-refractivity contribution in [1.82, 2.24) is 5.32 Å². The van der Waals surface area contributed by atoms with Crippen molar-refractivity contribution in [3.63, 3.8) is 0 Å². The summed E-state index contributed by atoms with van der Waals surface area (Å²) in [6.45, 7) is 7.81. The number of amides is 1. The van der Waals surface area contributed by atoms with Crippen LogP contribution in [0.2, 0.25) is 0 Å². The first-order valence-electron chi connectivity index (χ1n) is 5.51. The molecule has 0 aliphatic rings. The molecule has 0 aliphatic heterocycles. The number of rotatable bonds is 4. The minimum atomic E-state index is -0.806. The highest BCUT2D eigenvalue weighted by atomic mass is 16.1. The molecule has 0 aliphatic carbocycles. The highest BCUT2D eigenvalue weighted by Crippen LogP contribution is 2.24. The van der Waals surface area contributed by atoms with E-state index in [0.29, 0.717) is 0 Å². The maximum Gasteiger partial charge on any atom is 0.242 e. The summed E-state index contributed by atoms with van der Waals surface area (Å²) in [5, 5.41) is 3.24. The molecular weight excluding hydrogens is 200 g/mol. The largest absolute Gasteiger partial charge is 0.368 e. The van der Waals surface area contributed by atoms with E-state index in [4.69, 9.17) is 5.73 Å². The van der Waals surface area contributed by atoms with Crippen LogP contribution < -0.4 is 11.1 Å². The molecule has 88 valence electrons. The molecule has 3 N–H and O–H groups in total. The van der Waals surface area contributed by atoms with Crippen molar-refractivity contribution in [2.24, 2.45) is 5.73 Å². The number of nitrogens with one attached hydrogen (secondary N) is 1. The van der Waals surface area contributed by atoms with Crippen LogP contribution >= 0.6 is 0 Å². The molecule has 1 amide bonds. The van der Waals surface area contributed by atoms with Gasteiger partial charge in [0.2, 0.25) is 5.91 Å².